The predicted octanol–water partition coefficient (Wildman–Crippen LogP) is 4.78. The maximum atomic E-state index is 12.4. The third kappa shape index (κ3) is 2.99. The van der Waals surface area contributed by atoms with Gasteiger partial charge in [-0.2, -0.15) is 0 Å². The van der Waals surface area contributed by atoms with Gasteiger partial charge < -0.3 is 9.73 Å². The highest BCUT2D eigenvalue weighted by Gasteiger charge is 2.13. The average Bonchev–Trinajstić information content (AvgIpc) is 3.36. The molecule has 4 aromatic rings. The van der Waals surface area contributed by atoms with Gasteiger partial charge in [-0.05, 0) is 29.6 Å². The number of rotatable bonds is 4. The highest BCUT2D eigenvalue weighted by Crippen LogP contribution is 2.28. The van der Waals surface area contributed by atoms with Crippen LogP contribution in [0, 0.1) is 0 Å². The van der Waals surface area contributed by atoms with Crippen LogP contribution in [-0.2, 0) is 0 Å². The van der Waals surface area contributed by atoms with Gasteiger partial charge in [0.05, 0.1) is 11.1 Å². The largest absolute Gasteiger partial charge is 0.445 e. The topological polar surface area (TPSA) is 68.0 Å². The molecule has 0 fully saturated rings. The van der Waals surface area contributed by atoms with Crippen LogP contribution in [0.1, 0.15) is 10.5 Å². The lowest BCUT2D eigenvalue weighted by Gasteiger charge is -2.04. The van der Waals surface area contributed by atoms with Gasteiger partial charge in [-0.3, -0.25) is 4.79 Å². The maximum Gasteiger partial charge on any atom is 0.275 e. The van der Waals surface area contributed by atoms with Crippen molar-refractivity contribution in [3.63, 3.8) is 0 Å². The number of aromatic nitrogens is 2. The third-order valence-electron chi connectivity index (χ3n) is 3.27. The van der Waals surface area contributed by atoms with E-state index in [9.17, 15) is 4.79 Å². The number of benzene rings is 1. The number of anilines is 1. The number of amides is 1. The summed E-state index contributed by atoms with van der Waals surface area (Å²) in [6.07, 6.45) is 3.10. The van der Waals surface area contributed by atoms with E-state index in [1.54, 1.807) is 22.9 Å². The zero-order chi connectivity index (χ0) is 16.4. The number of hydrogen-bond acceptors (Lipinski definition) is 6. The van der Waals surface area contributed by atoms with Crippen molar-refractivity contribution in [2.75, 3.05) is 5.32 Å². The summed E-state index contributed by atoms with van der Waals surface area (Å²) in [5, 5.41) is 7.47. The summed E-state index contributed by atoms with van der Waals surface area (Å²) in [6, 6.07) is 11.3. The molecule has 0 aliphatic rings. The maximum absolute atomic E-state index is 12.4. The van der Waals surface area contributed by atoms with E-state index in [-0.39, 0.29) is 5.91 Å². The summed E-state index contributed by atoms with van der Waals surface area (Å²) < 4.78 is 5.28. The lowest BCUT2D eigenvalue weighted by atomic mass is 10.2. The van der Waals surface area contributed by atoms with Crippen molar-refractivity contribution < 1.29 is 9.21 Å². The Kier molecular flexibility index (Phi) is 3.94. The van der Waals surface area contributed by atoms with Gasteiger partial charge in [0.1, 0.15) is 17.0 Å². The van der Waals surface area contributed by atoms with E-state index in [0.717, 1.165) is 15.4 Å². The molecule has 1 amide bonds. The van der Waals surface area contributed by atoms with Crippen molar-refractivity contribution in [2.24, 2.45) is 0 Å². The number of nitrogens with one attached hydrogen (secondary N) is 1. The summed E-state index contributed by atoms with van der Waals surface area (Å²) in [4.78, 5) is 22.0. The van der Waals surface area contributed by atoms with Gasteiger partial charge in [0.2, 0.25) is 5.89 Å². The Morgan fingerprint density at radius 3 is 2.92 bits per heavy atom. The number of carbonyl (C=O) groups is 1. The van der Waals surface area contributed by atoms with E-state index < -0.39 is 0 Å². The van der Waals surface area contributed by atoms with Gasteiger partial charge in [0.25, 0.3) is 5.91 Å². The Morgan fingerprint density at radius 2 is 2.12 bits per heavy atom. The Hall–Kier alpha value is -2.77. The van der Waals surface area contributed by atoms with E-state index in [1.807, 2.05) is 41.8 Å². The number of oxazole rings is 1. The Labute approximate surface area is 145 Å². The van der Waals surface area contributed by atoms with E-state index in [4.69, 9.17) is 4.42 Å². The van der Waals surface area contributed by atoms with Crippen molar-refractivity contribution in [1.29, 1.82) is 0 Å². The first-order valence-electron chi connectivity index (χ1n) is 7.10. The normalized spacial score (nSPS) is 10.7. The summed E-state index contributed by atoms with van der Waals surface area (Å²) in [5.74, 6) is 0.276. The van der Waals surface area contributed by atoms with Gasteiger partial charge in [-0.15, -0.1) is 22.7 Å². The molecule has 0 atom stereocenters. The van der Waals surface area contributed by atoms with Crippen LogP contribution in [0.5, 0.6) is 0 Å². The number of thiophene rings is 1. The van der Waals surface area contributed by atoms with E-state index in [2.05, 4.69) is 15.3 Å². The monoisotopic (exact) mass is 353 g/mol. The first-order valence-corrected chi connectivity index (χ1v) is 8.86. The zero-order valence-electron chi connectivity index (χ0n) is 12.3. The molecule has 24 heavy (non-hydrogen) atoms. The highest BCUT2D eigenvalue weighted by molar-refractivity contribution is 7.20. The molecule has 0 radical (unpaired) electrons. The van der Waals surface area contributed by atoms with Gasteiger partial charge >= 0.3 is 0 Å². The van der Waals surface area contributed by atoms with Crippen LogP contribution in [0.3, 0.4) is 0 Å². The second kappa shape index (κ2) is 6.38. The van der Waals surface area contributed by atoms with Crippen LogP contribution in [0.2, 0.25) is 0 Å². The summed E-state index contributed by atoms with van der Waals surface area (Å²) in [6.45, 7) is 0. The fraction of sp³-hybridized carbons (Fsp3) is 0. The van der Waals surface area contributed by atoms with Crippen LogP contribution in [0.4, 0.5) is 5.69 Å². The van der Waals surface area contributed by atoms with Gasteiger partial charge in [-0.1, -0.05) is 12.1 Å². The quantitative estimate of drug-likeness (QED) is 0.573. The molecular weight excluding hydrogens is 342 g/mol. The van der Waals surface area contributed by atoms with Gasteiger partial charge in [-0.25, -0.2) is 9.97 Å². The second-order valence-electron chi connectivity index (χ2n) is 4.89. The molecular formula is C17H11N3O2S2. The van der Waals surface area contributed by atoms with Crippen molar-refractivity contribution in [2.45, 2.75) is 0 Å². The highest BCUT2D eigenvalue weighted by atomic mass is 32.1. The smallest absolute Gasteiger partial charge is 0.275 e. The molecule has 3 heterocycles. The molecule has 0 spiro atoms. The fourth-order valence-electron chi connectivity index (χ4n) is 2.18. The summed E-state index contributed by atoms with van der Waals surface area (Å²) in [5.41, 5.74) is 1.88. The zero-order valence-corrected chi connectivity index (χ0v) is 13.9. The van der Waals surface area contributed by atoms with E-state index in [0.29, 0.717) is 17.3 Å². The van der Waals surface area contributed by atoms with Crippen LogP contribution in [0.25, 0.3) is 21.3 Å². The molecule has 7 heteroatoms. The van der Waals surface area contributed by atoms with Crippen LogP contribution in [0.15, 0.2) is 64.0 Å². The molecule has 0 bridgehead atoms. The van der Waals surface area contributed by atoms with Gasteiger partial charge in [0, 0.05) is 16.6 Å². The number of thiazole rings is 1. The molecule has 1 aromatic carbocycles. The van der Waals surface area contributed by atoms with Crippen LogP contribution in [-0.4, -0.2) is 15.9 Å². The molecule has 118 valence electrons. The summed E-state index contributed by atoms with van der Waals surface area (Å²) in [7, 11) is 0. The van der Waals surface area contributed by atoms with Crippen LogP contribution < -0.4 is 5.32 Å². The molecule has 0 aliphatic heterocycles. The van der Waals surface area contributed by atoms with Crippen molar-refractivity contribution in [3.05, 3.63) is 65.3 Å². The number of nitrogens with zero attached hydrogens (tertiary/aromatic N) is 2. The molecule has 4 rings (SSSR count). The molecule has 1 N–H and O–H groups in total. The lowest BCUT2D eigenvalue weighted by Crippen LogP contribution is -2.12. The molecule has 0 saturated carbocycles. The fourth-order valence-corrected chi connectivity index (χ4v) is 3.80. The predicted molar refractivity (Wildman–Crippen MR) is 95.3 cm³/mol. The average molecular weight is 353 g/mol. The molecule has 3 aromatic heterocycles. The van der Waals surface area contributed by atoms with Gasteiger partial charge in [0.15, 0.2) is 0 Å². The Balaban J connectivity index is 1.53. The first kappa shape index (κ1) is 14.8. The first-order chi connectivity index (χ1) is 11.8. The third-order valence-corrected chi connectivity index (χ3v) is 5.15. The number of hydrogen-bond donors (Lipinski definition) is 1. The SMILES string of the molecule is O=C(Nc1cccc(-c2ncco2)c1)c1csc(-c2cccs2)n1. The van der Waals surface area contributed by atoms with Crippen molar-refractivity contribution in [3.8, 4) is 21.3 Å². The minimum absolute atomic E-state index is 0.237. The Morgan fingerprint density at radius 1 is 1.17 bits per heavy atom. The number of carbonyl (C=O) groups excluding carboxylic acids is 1. The molecule has 0 aliphatic carbocycles. The molecule has 0 unspecified atom stereocenters. The molecule has 5 nitrogen and oxygen atoms in total. The second-order valence-corrected chi connectivity index (χ2v) is 6.69. The minimum atomic E-state index is -0.237. The standard InChI is InChI=1S/C17H11N3O2S2/c21-15(13-10-24-17(20-13)14-5-2-8-23-14)19-12-4-1-3-11(9-12)16-18-6-7-22-16/h1-10H,(H,19,21). The van der Waals surface area contributed by atoms with Crippen molar-refractivity contribution >= 4 is 34.3 Å². The van der Waals surface area contributed by atoms with E-state index in [1.165, 1.54) is 17.6 Å². The Bertz CT molecular complexity index is 960. The van der Waals surface area contributed by atoms with Crippen molar-refractivity contribution in [1.82, 2.24) is 9.97 Å². The summed E-state index contributed by atoms with van der Waals surface area (Å²) >= 11 is 3.07. The van der Waals surface area contributed by atoms with E-state index >= 15 is 0 Å². The lowest BCUT2D eigenvalue weighted by molar-refractivity contribution is 0.102. The minimum Gasteiger partial charge on any atom is -0.445 e. The molecule has 0 saturated heterocycles. The van der Waals surface area contributed by atoms with Crippen LogP contribution >= 0.6 is 22.7 Å².